The van der Waals surface area contributed by atoms with Gasteiger partial charge in [-0.05, 0) is 24.0 Å². The molecule has 4 rings (SSSR count). The van der Waals surface area contributed by atoms with E-state index in [1.165, 1.54) is 0 Å². The fraction of sp³-hybridized carbons (Fsp3) is 0.312. The Morgan fingerprint density at radius 3 is 2.78 bits per heavy atom. The third-order valence-electron chi connectivity index (χ3n) is 4.64. The maximum atomic E-state index is 13.0. The van der Waals surface area contributed by atoms with Crippen LogP contribution in [0.3, 0.4) is 0 Å². The monoisotopic (exact) mass is 319 g/mol. The van der Waals surface area contributed by atoms with Crippen molar-refractivity contribution in [1.82, 2.24) is 15.3 Å². The maximum Gasteiger partial charge on any atom is 0.451 e. The normalized spacial score (nSPS) is 22.7. The van der Waals surface area contributed by atoms with Crippen molar-refractivity contribution in [3.8, 4) is 0 Å². The van der Waals surface area contributed by atoms with Crippen LogP contribution in [0.4, 0.5) is 13.2 Å². The molecular weight excluding hydrogens is 307 g/mol. The van der Waals surface area contributed by atoms with Crippen molar-refractivity contribution in [3.63, 3.8) is 0 Å². The third-order valence-corrected chi connectivity index (χ3v) is 4.64. The molecule has 0 radical (unpaired) electrons. The number of halogens is 3. The van der Waals surface area contributed by atoms with Gasteiger partial charge in [0.15, 0.2) is 0 Å². The Balaban J connectivity index is 1.97. The van der Waals surface area contributed by atoms with Crippen molar-refractivity contribution >= 4 is 5.91 Å². The molecule has 118 valence electrons. The van der Waals surface area contributed by atoms with Gasteiger partial charge in [0, 0.05) is 12.7 Å². The SMILES string of the molecule is O=C1NCC2(CCc3ccccc32)c2nc(C(F)(F)F)ncc21. The average molecular weight is 319 g/mol. The van der Waals surface area contributed by atoms with Crippen molar-refractivity contribution in [3.05, 3.63) is 58.7 Å². The zero-order valence-electron chi connectivity index (χ0n) is 11.9. The average Bonchev–Trinajstić information content (AvgIpc) is 2.90. The third kappa shape index (κ3) is 1.95. The Morgan fingerprint density at radius 2 is 2.00 bits per heavy atom. The van der Waals surface area contributed by atoms with Gasteiger partial charge >= 0.3 is 6.18 Å². The first-order valence-electron chi connectivity index (χ1n) is 7.23. The van der Waals surface area contributed by atoms with Crippen molar-refractivity contribution in [2.75, 3.05) is 6.54 Å². The van der Waals surface area contributed by atoms with E-state index in [4.69, 9.17) is 0 Å². The Hall–Kier alpha value is -2.44. The van der Waals surface area contributed by atoms with Crippen LogP contribution in [-0.2, 0) is 18.0 Å². The molecule has 1 aromatic carbocycles. The molecular formula is C16H12F3N3O. The van der Waals surface area contributed by atoms with Crippen LogP contribution in [-0.4, -0.2) is 22.4 Å². The molecule has 2 heterocycles. The molecule has 23 heavy (non-hydrogen) atoms. The number of carbonyl (C=O) groups excluding carboxylic acids is 1. The summed E-state index contributed by atoms with van der Waals surface area (Å²) in [6.07, 6.45) is -2.28. The largest absolute Gasteiger partial charge is 0.451 e. The molecule has 4 nitrogen and oxygen atoms in total. The summed E-state index contributed by atoms with van der Waals surface area (Å²) in [7, 11) is 0. The molecule has 1 aliphatic heterocycles. The van der Waals surface area contributed by atoms with E-state index in [1.807, 2.05) is 24.3 Å². The minimum Gasteiger partial charge on any atom is -0.351 e. The molecule has 0 saturated carbocycles. The van der Waals surface area contributed by atoms with Crippen LogP contribution in [0.2, 0.25) is 0 Å². The second-order valence-corrected chi connectivity index (χ2v) is 5.88. The summed E-state index contributed by atoms with van der Waals surface area (Å²) < 4.78 is 39.0. The number of amides is 1. The van der Waals surface area contributed by atoms with Crippen LogP contribution < -0.4 is 5.32 Å². The number of nitrogens with zero attached hydrogens (tertiary/aromatic N) is 2. The summed E-state index contributed by atoms with van der Waals surface area (Å²) in [5.41, 5.74) is 1.63. The van der Waals surface area contributed by atoms with Crippen LogP contribution in [0.5, 0.6) is 0 Å². The lowest BCUT2D eigenvalue weighted by Crippen LogP contribution is -2.47. The first-order valence-corrected chi connectivity index (χ1v) is 7.23. The molecule has 1 aromatic heterocycles. The number of benzene rings is 1. The number of hydrogen-bond acceptors (Lipinski definition) is 3. The molecule has 0 bridgehead atoms. The first-order chi connectivity index (χ1) is 10.9. The van der Waals surface area contributed by atoms with E-state index >= 15 is 0 Å². The summed E-state index contributed by atoms with van der Waals surface area (Å²) in [4.78, 5) is 19.1. The number of fused-ring (bicyclic) bond motifs is 4. The van der Waals surface area contributed by atoms with Crippen LogP contribution >= 0.6 is 0 Å². The number of carbonyl (C=O) groups is 1. The summed E-state index contributed by atoms with van der Waals surface area (Å²) in [6.45, 7) is 0.254. The van der Waals surface area contributed by atoms with E-state index in [-0.39, 0.29) is 17.8 Å². The van der Waals surface area contributed by atoms with E-state index in [2.05, 4.69) is 15.3 Å². The number of aryl methyl sites for hydroxylation is 1. The highest BCUT2D eigenvalue weighted by atomic mass is 19.4. The van der Waals surface area contributed by atoms with Crippen molar-refractivity contribution in [2.24, 2.45) is 0 Å². The standard InChI is InChI=1S/C16H12F3N3O/c17-16(18,19)14-20-7-10-12(22-14)15(8-21-13(10)23)6-5-9-3-1-2-4-11(9)15/h1-4,7H,5-6,8H2,(H,21,23). The van der Waals surface area contributed by atoms with E-state index in [9.17, 15) is 18.0 Å². The zero-order valence-corrected chi connectivity index (χ0v) is 11.9. The lowest BCUT2D eigenvalue weighted by atomic mass is 9.74. The van der Waals surface area contributed by atoms with E-state index in [0.29, 0.717) is 6.42 Å². The first kappa shape index (κ1) is 14.2. The number of alkyl halides is 3. The summed E-state index contributed by atoms with van der Waals surface area (Å²) in [6, 6.07) is 7.63. The van der Waals surface area contributed by atoms with Gasteiger partial charge in [0.05, 0.1) is 16.7 Å². The highest BCUT2D eigenvalue weighted by Gasteiger charge is 2.48. The second kappa shape index (κ2) is 4.53. The maximum absolute atomic E-state index is 13.0. The minimum atomic E-state index is -4.64. The molecule has 1 unspecified atom stereocenters. The molecule has 1 atom stereocenters. The predicted molar refractivity (Wildman–Crippen MR) is 74.9 cm³/mol. The molecule has 1 amide bonds. The van der Waals surface area contributed by atoms with Gasteiger partial charge in [-0.15, -0.1) is 0 Å². The fourth-order valence-electron chi connectivity index (χ4n) is 3.58. The molecule has 0 fully saturated rings. The van der Waals surface area contributed by atoms with Gasteiger partial charge in [0.1, 0.15) is 0 Å². The topological polar surface area (TPSA) is 54.9 Å². The Labute approximate surface area is 129 Å². The summed E-state index contributed by atoms with van der Waals surface area (Å²) in [5.74, 6) is -1.63. The van der Waals surface area contributed by atoms with Crippen LogP contribution in [0.1, 0.15) is 39.4 Å². The summed E-state index contributed by atoms with van der Waals surface area (Å²) in [5, 5.41) is 2.77. The van der Waals surface area contributed by atoms with E-state index in [1.54, 1.807) is 0 Å². The Kier molecular flexibility index (Phi) is 2.79. The highest BCUT2D eigenvalue weighted by Crippen LogP contribution is 2.46. The summed E-state index contributed by atoms with van der Waals surface area (Å²) >= 11 is 0. The zero-order chi connectivity index (χ0) is 16.2. The smallest absolute Gasteiger partial charge is 0.351 e. The number of nitrogens with one attached hydrogen (secondary N) is 1. The van der Waals surface area contributed by atoms with Gasteiger partial charge in [-0.3, -0.25) is 4.79 Å². The lowest BCUT2D eigenvalue weighted by Gasteiger charge is -2.35. The molecule has 7 heteroatoms. The number of rotatable bonds is 0. The van der Waals surface area contributed by atoms with Crippen molar-refractivity contribution in [2.45, 2.75) is 24.4 Å². The predicted octanol–water partition coefficient (Wildman–Crippen LogP) is 2.47. The van der Waals surface area contributed by atoms with Gasteiger partial charge < -0.3 is 5.32 Å². The lowest BCUT2D eigenvalue weighted by molar-refractivity contribution is -0.145. The number of aromatic nitrogens is 2. The van der Waals surface area contributed by atoms with E-state index in [0.717, 1.165) is 23.7 Å². The van der Waals surface area contributed by atoms with Crippen LogP contribution in [0.25, 0.3) is 0 Å². The molecule has 1 spiro atoms. The van der Waals surface area contributed by atoms with Crippen LogP contribution in [0.15, 0.2) is 30.5 Å². The van der Waals surface area contributed by atoms with Gasteiger partial charge in [0.2, 0.25) is 5.82 Å². The molecule has 0 saturated heterocycles. The van der Waals surface area contributed by atoms with Gasteiger partial charge in [-0.1, -0.05) is 24.3 Å². The Bertz CT molecular complexity index is 818. The minimum absolute atomic E-state index is 0.126. The number of hydrogen-bond donors (Lipinski definition) is 1. The van der Waals surface area contributed by atoms with Gasteiger partial charge in [0.25, 0.3) is 5.91 Å². The van der Waals surface area contributed by atoms with Gasteiger partial charge in [-0.25, -0.2) is 9.97 Å². The quantitative estimate of drug-likeness (QED) is 0.811. The fourth-order valence-corrected chi connectivity index (χ4v) is 3.58. The molecule has 2 aromatic rings. The Morgan fingerprint density at radius 1 is 1.22 bits per heavy atom. The van der Waals surface area contributed by atoms with Gasteiger partial charge in [-0.2, -0.15) is 13.2 Å². The second-order valence-electron chi connectivity index (χ2n) is 5.88. The molecule has 1 aliphatic carbocycles. The van der Waals surface area contributed by atoms with E-state index < -0.39 is 23.3 Å². The van der Waals surface area contributed by atoms with Crippen molar-refractivity contribution in [1.29, 1.82) is 0 Å². The highest BCUT2D eigenvalue weighted by molar-refractivity contribution is 5.97. The van der Waals surface area contributed by atoms with Crippen molar-refractivity contribution < 1.29 is 18.0 Å². The molecule has 2 aliphatic rings. The van der Waals surface area contributed by atoms with Crippen LogP contribution in [0, 0.1) is 0 Å². The molecule has 1 N–H and O–H groups in total.